The van der Waals surface area contributed by atoms with Crippen LogP contribution in [0.1, 0.15) is 12.8 Å². The molecule has 1 atom stereocenters. The molecule has 0 aromatic rings. The van der Waals surface area contributed by atoms with E-state index in [4.69, 9.17) is 0 Å². The van der Waals surface area contributed by atoms with Crippen LogP contribution in [0.4, 0.5) is 0 Å². The lowest BCUT2D eigenvalue weighted by atomic mass is 10.2. The Kier molecular flexibility index (Phi) is 4.70. The van der Waals surface area contributed by atoms with Gasteiger partial charge in [0, 0.05) is 19.1 Å². The van der Waals surface area contributed by atoms with Crippen molar-refractivity contribution in [2.75, 3.05) is 47.3 Å². The fourth-order valence-corrected chi connectivity index (χ4v) is 1.71. The zero-order valence-electron chi connectivity index (χ0n) is 9.16. The van der Waals surface area contributed by atoms with Crippen LogP contribution in [0.15, 0.2) is 0 Å². The van der Waals surface area contributed by atoms with Gasteiger partial charge in [0.25, 0.3) is 0 Å². The van der Waals surface area contributed by atoms with E-state index in [-0.39, 0.29) is 0 Å². The summed E-state index contributed by atoms with van der Waals surface area (Å²) in [6.45, 7) is 4.57. The molecule has 1 saturated heterocycles. The largest absolute Gasteiger partial charge is 0.309 e. The normalized spacial score (nSPS) is 26.3. The SMILES string of the molecule is CN(C)CCC1CN(C)CCC[N]1. The molecule has 3 nitrogen and oxygen atoms in total. The zero-order valence-corrected chi connectivity index (χ0v) is 9.16. The van der Waals surface area contributed by atoms with E-state index in [1.165, 1.54) is 19.4 Å². The number of likely N-dealkylation sites (N-methyl/N-ethyl adjacent to an activating group) is 1. The van der Waals surface area contributed by atoms with Gasteiger partial charge in [-0.1, -0.05) is 0 Å². The minimum atomic E-state index is 0.565. The molecule has 1 fully saturated rings. The molecule has 1 unspecified atom stereocenters. The highest BCUT2D eigenvalue weighted by Gasteiger charge is 2.15. The maximum absolute atomic E-state index is 4.68. The third kappa shape index (κ3) is 4.60. The summed E-state index contributed by atoms with van der Waals surface area (Å²) in [7, 11) is 6.45. The monoisotopic (exact) mass is 184 g/mol. The summed E-state index contributed by atoms with van der Waals surface area (Å²) in [4.78, 5) is 4.64. The molecule has 0 aliphatic carbocycles. The van der Waals surface area contributed by atoms with Crippen molar-refractivity contribution >= 4 is 0 Å². The van der Waals surface area contributed by atoms with E-state index >= 15 is 0 Å². The second kappa shape index (κ2) is 5.58. The van der Waals surface area contributed by atoms with Gasteiger partial charge >= 0.3 is 0 Å². The van der Waals surface area contributed by atoms with Gasteiger partial charge in [0.05, 0.1) is 0 Å². The van der Waals surface area contributed by atoms with Gasteiger partial charge < -0.3 is 9.80 Å². The fraction of sp³-hybridized carbons (Fsp3) is 1.00. The van der Waals surface area contributed by atoms with E-state index in [1.807, 2.05) is 0 Å². The van der Waals surface area contributed by atoms with E-state index in [2.05, 4.69) is 36.3 Å². The quantitative estimate of drug-likeness (QED) is 0.626. The molecular weight excluding hydrogens is 162 g/mol. The van der Waals surface area contributed by atoms with Crippen LogP contribution in [0, 0.1) is 0 Å². The predicted molar refractivity (Wildman–Crippen MR) is 56.1 cm³/mol. The first-order chi connectivity index (χ1) is 6.18. The molecule has 3 heteroatoms. The van der Waals surface area contributed by atoms with Crippen LogP contribution < -0.4 is 5.32 Å². The minimum absolute atomic E-state index is 0.565. The average Bonchev–Trinajstić information content (AvgIpc) is 2.26. The third-order valence-corrected chi connectivity index (χ3v) is 2.52. The molecule has 1 radical (unpaired) electrons. The van der Waals surface area contributed by atoms with Crippen molar-refractivity contribution in [3.05, 3.63) is 0 Å². The first kappa shape index (κ1) is 11.0. The smallest absolute Gasteiger partial charge is 0.0385 e. The highest BCUT2D eigenvalue weighted by Crippen LogP contribution is 2.03. The highest BCUT2D eigenvalue weighted by atomic mass is 15.1. The van der Waals surface area contributed by atoms with Gasteiger partial charge in [-0.05, 0) is 47.1 Å². The number of hydrogen-bond donors (Lipinski definition) is 0. The molecule has 1 rings (SSSR count). The van der Waals surface area contributed by atoms with Gasteiger partial charge in [-0.2, -0.15) is 0 Å². The first-order valence-electron chi connectivity index (χ1n) is 5.18. The lowest BCUT2D eigenvalue weighted by Crippen LogP contribution is -2.34. The summed E-state index contributed by atoms with van der Waals surface area (Å²) < 4.78 is 0. The Morgan fingerprint density at radius 2 is 2.23 bits per heavy atom. The summed E-state index contributed by atoms with van der Waals surface area (Å²) in [6, 6.07) is 0.565. The average molecular weight is 184 g/mol. The van der Waals surface area contributed by atoms with Crippen molar-refractivity contribution in [3.8, 4) is 0 Å². The predicted octanol–water partition coefficient (Wildman–Crippen LogP) is 0.247. The van der Waals surface area contributed by atoms with Crippen LogP contribution in [0.2, 0.25) is 0 Å². The molecule has 1 heterocycles. The summed E-state index contributed by atoms with van der Waals surface area (Å²) in [6.07, 6.45) is 2.44. The van der Waals surface area contributed by atoms with Crippen molar-refractivity contribution in [3.63, 3.8) is 0 Å². The molecular formula is C10H22N3. The summed E-state index contributed by atoms with van der Waals surface area (Å²) >= 11 is 0. The standard InChI is InChI=1S/C10H22N3/c1-12(2)8-5-10-9-13(3)7-4-6-11-10/h10H,4-9H2,1-3H3. The van der Waals surface area contributed by atoms with E-state index < -0.39 is 0 Å². The second-order valence-electron chi connectivity index (χ2n) is 4.27. The van der Waals surface area contributed by atoms with Gasteiger partial charge in [-0.15, -0.1) is 0 Å². The molecule has 1 aliphatic heterocycles. The van der Waals surface area contributed by atoms with Gasteiger partial charge in [0.15, 0.2) is 0 Å². The Balaban J connectivity index is 2.22. The van der Waals surface area contributed by atoms with Crippen LogP contribution in [-0.4, -0.2) is 63.2 Å². The van der Waals surface area contributed by atoms with E-state index in [0.717, 1.165) is 19.6 Å². The van der Waals surface area contributed by atoms with Gasteiger partial charge in [-0.3, -0.25) is 0 Å². The maximum atomic E-state index is 4.68. The molecule has 0 aromatic heterocycles. The van der Waals surface area contributed by atoms with Crippen LogP contribution in [-0.2, 0) is 0 Å². The lowest BCUT2D eigenvalue weighted by Gasteiger charge is -2.20. The number of rotatable bonds is 3. The van der Waals surface area contributed by atoms with Crippen LogP contribution in [0.3, 0.4) is 0 Å². The van der Waals surface area contributed by atoms with E-state index in [0.29, 0.717) is 6.04 Å². The molecule has 0 aromatic carbocycles. The molecule has 0 saturated carbocycles. The van der Waals surface area contributed by atoms with Crippen molar-refractivity contribution in [1.82, 2.24) is 15.1 Å². The molecule has 1 aliphatic rings. The Morgan fingerprint density at radius 3 is 2.92 bits per heavy atom. The Labute approximate surface area is 82.1 Å². The van der Waals surface area contributed by atoms with E-state index in [1.54, 1.807) is 0 Å². The van der Waals surface area contributed by atoms with Gasteiger partial charge in [0.2, 0.25) is 0 Å². The number of hydrogen-bond acceptors (Lipinski definition) is 2. The Bertz CT molecular complexity index is 136. The Morgan fingerprint density at radius 1 is 1.46 bits per heavy atom. The molecule has 0 amide bonds. The van der Waals surface area contributed by atoms with Crippen LogP contribution in [0.25, 0.3) is 0 Å². The Hall–Kier alpha value is -0.120. The summed E-state index contributed by atoms with van der Waals surface area (Å²) in [5.41, 5.74) is 0. The van der Waals surface area contributed by atoms with Crippen molar-refractivity contribution in [2.24, 2.45) is 0 Å². The molecule has 0 bridgehead atoms. The fourth-order valence-electron chi connectivity index (χ4n) is 1.71. The van der Waals surface area contributed by atoms with Crippen LogP contribution in [0.5, 0.6) is 0 Å². The maximum Gasteiger partial charge on any atom is 0.0385 e. The molecule has 0 spiro atoms. The second-order valence-corrected chi connectivity index (χ2v) is 4.27. The topological polar surface area (TPSA) is 20.6 Å². The summed E-state index contributed by atoms with van der Waals surface area (Å²) in [5.74, 6) is 0. The lowest BCUT2D eigenvalue weighted by molar-refractivity contribution is 0.293. The van der Waals surface area contributed by atoms with Gasteiger partial charge in [-0.25, -0.2) is 5.32 Å². The van der Waals surface area contributed by atoms with Crippen molar-refractivity contribution in [2.45, 2.75) is 18.9 Å². The first-order valence-corrected chi connectivity index (χ1v) is 5.18. The number of nitrogens with zero attached hydrogens (tertiary/aromatic N) is 3. The van der Waals surface area contributed by atoms with Crippen molar-refractivity contribution in [1.29, 1.82) is 0 Å². The molecule has 13 heavy (non-hydrogen) atoms. The molecule has 77 valence electrons. The third-order valence-electron chi connectivity index (χ3n) is 2.52. The summed E-state index contributed by atoms with van der Waals surface area (Å²) in [5, 5.41) is 4.68. The minimum Gasteiger partial charge on any atom is -0.309 e. The van der Waals surface area contributed by atoms with Gasteiger partial charge in [0.1, 0.15) is 0 Å². The van der Waals surface area contributed by atoms with Crippen LogP contribution >= 0.6 is 0 Å². The highest BCUT2D eigenvalue weighted by molar-refractivity contribution is 4.74. The molecule has 0 N–H and O–H groups in total. The van der Waals surface area contributed by atoms with Crippen molar-refractivity contribution < 1.29 is 0 Å². The zero-order chi connectivity index (χ0) is 9.68. The van der Waals surface area contributed by atoms with E-state index in [9.17, 15) is 0 Å².